The molecule has 1 rings (SSSR count). The smallest absolute Gasteiger partial charge is 0.222 e. The van der Waals surface area contributed by atoms with Crippen LogP contribution in [0.25, 0.3) is 0 Å². The quantitative estimate of drug-likeness (QED) is 0.744. The summed E-state index contributed by atoms with van der Waals surface area (Å²) in [6.45, 7) is 7.73. The van der Waals surface area contributed by atoms with Gasteiger partial charge in [0.2, 0.25) is 5.88 Å². The normalized spacial score (nSPS) is 10.8. The number of hydrogen-bond acceptors (Lipinski definition) is 5. The summed E-state index contributed by atoms with van der Waals surface area (Å²) in [4.78, 5) is 8.05. The van der Waals surface area contributed by atoms with Crippen molar-refractivity contribution in [2.75, 3.05) is 25.6 Å². The van der Waals surface area contributed by atoms with Crippen molar-refractivity contribution >= 4 is 5.82 Å². The molecule has 0 aromatic carbocycles. The fourth-order valence-electron chi connectivity index (χ4n) is 1.39. The lowest BCUT2D eigenvalue weighted by Gasteiger charge is -2.13. The molecule has 5 nitrogen and oxygen atoms in total. The molecule has 0 unspecified atom stereocenters. The van der Waals surface area contributed by atoms with E-state index in [2.05, 4.69) is 9.97 Å². The molecule has 1 heterocycles. The lowest BCUT2D eigenvalue weighted by Crippen LogP contribution is -2.11. The summed E-state index contributed by atoms with van der Waals surface area (Å²) >= 11 is 0. The van der Waals surface area contributed by atoms with E-state index in [-0.39, 0.29) is 5.92 Å². The van der Waals surface area contributed by atoms with E-state index in [1.165, 1.54) is 6.33 Å². The second kappa shape index (κ2) is 6.27. The Hall–Kier alpha value is -1.36. The number of nitrogens with two attached hydrogens (primary N) is 1. The highest BCUT2D eigenvalue weighted by molar-refractivity contribution is 5.46. The third kappa shape index (κ3) is 3.34. The van der Waals surface area contributed by atoms with Crippen LogP contribution in [0.1, 0.15) is 32.3 Å². The maximum atomic E-state index is 5.79. The summed E-state index contributed by atoms with van der Waals surface area (Å²) in [7, 11) is 0. The van der Waals surface area contributed by atoms with E-state index in [0.717, 1.165) is 5.56 Å². The van der Waals surface area contributed by atoms with Crippen molar-refractivity contribution in [1.82, 2.24) is 9.97 Å². The van der Waals surface area contributed by atoms with Crippen LogP contribution in [0.4, 0.5) is 5.82 Å². The Kier molecular flexibility index (Phi) is 4.98. The minimum Gasteiger partial charge on any atom is -0.475 e. The summed E-state index contributed by atoms with van der Waals surface area (Å²) in [6.07, 6.45) is 1.41. The largest absolute Gasteiger partial charge is 0.475 e. The molecule has 16 heavy (non-hydrogen) atoms. The highest BCUT2D eigenvalue weighted by Gasteiger charge is 2.13. The molecule has 0 atom stereocenters. The predicted molar refractivity (Wildman–Crippen MR) is 62.5 cm³/mol. The standard InChI is InChI=1S/C11H19N3O2/c1-4-15-5-6-16-11-9(8(2)3)10(12)13-7-14-11/h7-8H,4-6H2,1-3H3,(H2,12,13,14). The molecule has 0 saturated heterocycles. The van der Waals surface area contributed by atoms with Crippen molar-refractivity contribution in [3.05, 3.63) is 11.9 Å². The molecule has 0 saturated carbocycles. The minimum atomic E-state index is 0.239. The maximum Gasteiger partial charge on any atom is 0.222 e. The first-order valence-corrected chi connectivity index (χ1v) is 5.47. The number of hydrogen-bond donors (Lipinski definition) is 1. The molecule has 5 heteroatoms. The summed E-state index contributed by atoms with van der Waals surface area (Å²) in [5, 5.41) is 0. The van der Waals surface area contributed by atoms with Gasteiger partial charge in [-0.15, -0.1) is 0 Å². The Morgan fingerprint density at radius 2 is 2.06 bits per heavy atom. The lowest BCUT2D eigenvalue weighted by atomic mass is 10.1. The summed E-state index contributed by atoms with van der Waals surface area (Å²) in [5.41, 5.74) is 6.65. The topological polar surface area (TPSA) is 70.3 Å². The van der Waals surface area contributed by atoms with Crippen LogP contribution < -0.4 is 10.5 Å². The fourth-order valence-corrected chi connectivity index (χ4v) is 1.39. The summed E-state index contributed by atoms with van der Waals surface area (Å²) in [6, 6.07) is 0. The molecule has 0 radical (unpaired) electrons. The van der Waals surface area contributed by atoms with E-state index in [9.17, 15) is 0 Å². The summed E-state index contributed by atoms with van der Waals surface area (Å²) < 4.78 is 10.7. The van der Waals surface area contributed by atoms with E-state index >= 15 is 0 Å². The third-order valence-electron chi connectivity index (χ3n) is 2.13. The van der Waals surface area contributed by atoms with Crippen LogP contribution in [0.2, 0.25) is 0 Å². The van der Waals surface area contributed by atoms with E-state index in [0.29, 0.717) is 31.5 Å². The van der Waals surface area contributed by atoms with Crippen LogP contribution in [0, 0.1) is 0 Å². The van der Waals surface area contributed by atoms with Crippen LogP contribution in [-0.2, 0) is 4.74 Å². The van der Waals surface area contributed by atoms with E-state index in [1.54, 1.807) is 0 Å². The van der Waals surface area contributed by atoms with Gasteiger partial charge in [-0.25, -0.2) is 9.97 Å². The average molecular weight is 225 g/mol. The van der Waals surface area contributed by atoms with Crippen molar-refractivity contribution < 1.29 is 9.47 Å². The lowest BCUT2D eigenvalue weighted by molar-refractivity contribution is 0.108. The van der Waals surface area contributed by atoms with E-state index in [4.69, 9.17) is 15.2 Å². The Balaban J connectivity index is 2.67. The zero-order valence-corrected chi connectivity index (χ0v) is 10.1. The zero-order valence-electron chi connectivity index (χ0n) is 10.1. The van der Waals surface area contributed by atoms with Crippen molar-refractivity contribution in [2.45, 2.75) is 26.7 Å². The molecule has 0 aliphatic rings. The predicted octanol–water partition coefficient (Wildman–Crippen LogP) is 1.60. The Labute approximate surface area is 96.0 Å². The molecule has 1 aromatic heterocycles. The second-order valence-electron chi connectivity index (χ2n) is 3.68. The maximum absolute atomic E-state index is 5.79. The fraction of sp³-hybridized carbons (Fsp3) is 0.636. The Morgan fingerprint density at radius 3 is 2.69 bits per heavy atom. The van der Waals surface area contributed by atoms with E-state index < -0.39 is 0 Å². The number of aromatic nitrogens is 2. The highest BCUT2D eigenvalue weighted by atomic mass is 16.5. The number of ether oxygens (including phenoxy) is 2. The summed E-state index contributed by atoms with van der Waals surface area (Å²) in [5.74, 6) is 1.28. The molecule has 0 fully saturated rings. The molecular weight excluding hydrogens is 206 g/mol. The second-order valence-corrected chi connectivity index (χ2v) is 3.68. The van der Waals surface area contributed by atoms with Gasteiger partial charge in [0.1, 0.15) is 18.8 Å². The first-order chi connectivity index (χ1) is 7.66. The van der Waals surface area contributed by atoms with Gasteiger partial charge < -0.3 is 15.2 Å². The van der Waals surface area contributed by atoms with Gasteiger partial charge in [-0.1, -0.05) is 13.8 Å². The SMILES string of the molecule is CCOCCOc1ncnc(N)c1C(C)C. The monoisotopic (exact) mass is 225 g/mol. The zero-order chi connectivity index (χ0) is 12.0. The van der Waals surface area contributed by atoms with Crippen molar-refractivity contribution in [1.29, 1.82) is 0 Å². The first-order valence-electron chi connectivity index (χ1n) is 5.47. The number of nitrogen functional groups attached to an aromatic ring is 1. The number of rotatable bonds is 6. The van der Waals surface area contributed by atoms with E-state index in [1.807, 2.05) is 20.8 Å². The molecule has 0 bridgehead atoms. The van der Waals surface area contributed by atoms with Crippen LogP contribution >= 0.6 is 0 Å². The van der Waals surface area contributed by atoms with Gasteiger partial charge in [0.05, 0.1) is 12.2 Å². The van der Waals surface area contributed by atoms with Gasteiger partial charge in [0.25, 0.3) is 0 Å². The third-order valence-corrected chi connectivity index (χ3v) is 2.13. The van der Waals surface area contributed by atoms with Crippen molar-refractivity contribution in [3.8, 4) is 5.88 Å². The van der Waals surface area contributed by atoms with Crippen LogP contribution in [0.15, 0.2) is 6.33 Å². The molecule has 0 spiro atoms. The molecule has 0 amide bonds. The highest BCUT2D eigenvalue weighted by Crippen LogP contribution is 2.27. The molecule has 2 N–H and O–H groups in total. The average Bonchev–Trinajstić information content (AvgIpc) is 2.24. The number of anilines is 1. The van der Waals surface area contributed by atoms with Gasteiger partial charge in [-0.2, -0.15) is 0 Å². The van der Waals surface area contributed by atoms with Gasteiger partial charge in [-0.05, 0) is 12.8 Å². The molecule has 90 valence electrons. The number of nitrogens with zero attached hydrogens (tertiary/aromatic N) is 2. The van der Waals surface area contributed by atoms with Gasteiger partial charge in [0.15, 0.2) is 0 Å². The van der Waals surface area contributed by atoms with Gasteiger partial charge in [0, 0.05) is 6.61 Å². The first kappa shape index (κ1) is 12.7. The van der Waals surface area contributed by atoms with Gasteiger partial charge in [-0.3, -0.25) is 0 Å². The van der Waals surface area contributed by atoms with Crippen LogP contribution in [-0.4, -0.2) is 29.8 Å². The minimum absolute atomic E-state index is 0.239. The molecular formula is C11H19N3O2. The Morgan fingerprint density at radius 1 is 1.31 bits per heavy atom. The van der Waals surface area contributed by atoms with Crippen molar-refractivity contribution in [3.63, 3.8) is 0 Å². The van der Waals surface area contributed by atoms with Crippen molar-refractivity contribution in [2.24, 2.45) is 0 Å². The molecule has 1 aromatic rings. The van der Waals surface area contributed by atoms with Crippen LogP contribution in [0.3, 0.4) is 0 Å². The Bertz CT molecular complexity index is 329. The van der Waals surface area contributed by atoms with Gasteiger partial charge >= 0.3 is 0 Å². The molecule has 0 aliphatic heterocycles. The molecule has 0 aliphatic carbocycles. The van der Waals surface area contributed by atoms with Crippen LogP contribution in [0.5, 0.6) is 5.88 Å².